The molecule has 10 atom stereocenters. The van der Waals surface area contributed by atoms with Crippen molar-refractivity contribution in [2.45, 2.75) is 134 Å². The predicted molar refractivity (Wildman–Crippen MR) is 193 cm³/mol. The molecule has 3 N–H and O–H groups in total. The van der Waals surface area contributed by atoms with Crippen molar-refractivity contribution in [3.63, 3.8) is 0 Å². The number of nitrogens with one attached hydrogen (secondary N) is 1. The number of esters is 2. The van der Waals surface area contributed by atoms with E-state index in [0.717, 1.165) is 18.1 Å². The molecular formula is C38H55NO13Si. The first-order valence-corrected chi connectivity index (χ1v) is 20.7. The van der Waals surface area contributed by atoms with Crippen LogP contribution < -0.4 is 5.32 Å². The Kier molecular flexibility index (Phi) is 15.1. The van der Waals surface area contributed by atoms with Gasteiger partial charge in [-0.25, -0.2) is 0 Å². The summed E-state index contributed by atoms with van der Waals surface area (Å²) in [6.45, 7) is 13.9. The molecular weight excluding hydrogens is 706 g/mol. The molecule has 2 aliphatic heterocycles. The van der Waals surface area contributed by atoms with E-state index in [4.69, 9.17) is 37.6 Å². The molecule has 294 valence electrons. The number of ether oxygens (including phenoxy) is 7. The van der Waals surface area contributed by atoms with Gasteiger partial charge in [0.15, 0.2) is 27.0 Å². The van der Waals surface area contributed by atoms with Crippen molar-refractivity contribution in [1.82, 2.24) is 5.32 Å². The summed E-state index contributed by atoms with van der Waals surface area (Å²) in [4.78, 5) is 36.4. The van der Waals surface area contributed by atoms with E-state index in [1.165, 1.54) is 13.8 Å². The lowest BCUT2D eigenvalue weighted by Gasteiger charge is -2.51. The molecule has 0 spiro atoms. The summed E-state index contributed by atoms with van der Waals surface area (Å²) in [5, 5.41) is 25.6. The third-order valence-electron chi connectivity index (χ3n) is 9.61. The Labute approximate surface area is 312 Å². The number of amides is 1. The van der Waals surface area contributed by atoms with Crippen LogP contribution in [-0.2, 0) is 65.2 Å². The van der Waals surface area contributed by atoms with Gasteiger partial charge in [-0.05, 0) is 29.3 Å². The van der Waals surface area contributed by atoms with Crippen LogP contribution in [0.3, 0.4) is 0 Å². The van der Waals surface area contributed by atoms with Gasteiger partial charge in [0, 0.05) is 20.8 Å². The van der Waals surface area contributed by atoms with Gasteiger partial charge in [0.05, 0.1) is 19.8 Å². The van der Waals surface area contributed by atoms with E-state index in [2.05, 4.69) is 39.2 Å². The molecule has 2 aromatic carbocycles. The fourth-order valence-corrected chi connectivity index (χ4v) is 7.21. The monoisotopic (exact) mass is 761 g/mol. The zero-order valence-corrected chi connectivity index (χ0v) is 32.8. The van der Waals surface area contributed by atoms with Gasteiger partial charge in [-0.3, -0.25) is 14.4 Å². The van der Waals surface area contributed by atoms with Crippen LogP contribution in [0.5, 0.6) is 0 Å². The molecule has 14 nitrogen and oxygen atoms in total. The molecule has 0 aliphatic carbocycles. The van der Waals surface area contributed by atoms with E-state index in [9.17, 15) is 24.6 Å². The Morgan fingerprint density at radius 3 is 1.91 bits per heavy atom. The maximum absolute atomic E-state index is 12.5. The van der Waals surface area contributed by atoms with Gasteiger partial charge >= 0.3 is 11.9 Å². The van der Waals surface area contributed by atoms with Crippen molar-refractivity contribution in [3.05, 3.63) is 71.8 Å². The number of aliphatic hydroxyl groups is 2. The summed E-state index contributed by atoms with van der Waals surface area (Å²) in [5.74, 6) is -1.88. The lowest BCUT2D eigenvalue weighted by molar-refractivity contribution is -0.345. The highest BCUT2D eigenvalue weighted by Gasteiger charge is 2.55. The highest BCUT2D eigenvalue weighted by molar-refractivity contribution is 6.74. The summed E-state index contributed by atoms with van der Waals surface area (Å²) < 4.78 is 49.4. The van der Waals surface area contributed by atoms with Gasteiger partial charge < -0.3 is 53.1 Å². The molecule has 15 heteroatoms. The standard InChI is InChI=1S/C38H55NO13Si/c1-23(40)39-30-31(43)32(48-25(3)42)29(22-46-24(2)41)50-37(30)51-33-28(21-45-19-26-15-11-9-12-16-26)49-36(44)35(47-20-27-17-13-10-14-18-27)34(33)52-53(7,8)38(4,5)6/h9-18,28-37,43-44H,19-22H2,1-8H3,(H,39,40)/t28-,29-,30-,31-,32+,33+,34+,35-,36-,37+/m1/s1. The van der Waals surface area contributed by atoms with E-state index in [1.807, 2.05) is 60.7 Å². The maximum atomic E-state index is 12.5. The number of hydrogen-bond donors (Lipinski definition) is 3. The molecule has 2 saturated heterocycles. The first-order chi connectivity index (χ1) is 25.0. The van der Waals surface area contributed by atoms with Crippen LogP contribution in [0.25, 0.3) is 0 Å². The molecule has 2 aromatic rings. The lowest BCUT2D eigenvalue weighted by atomic mass is 9.95. The third-order valence-corrected chi connectivity index (χ3v) is 14.1. The largest absolute Gasteiger partial charge is 0.463 e. The van der Waals surface area contributed by atoms with E-state index in [1.54, 1.807) is 0 Å². The van der Waals surface area contributed by atoms with Gasteiger partial charge in [0.2, 0.25) is 5.91 Å². The minimum absolute atomic E-state index is 0.0631. The Morgan fingerprint density at radius 1 is 0.774 bits per heavy atom. The van der Waals surface area contributed by atoms with Crippen molar-refractivity contribution in [2.24, 2.45) is 0 Å². The van der Waals surface area contributed by atoms with Gasteiger partial charge in [-0.2, -0.15) is 0 Å². The van der Waals surface area contributed by atoms with Crippen LogP contribution >= 0.6 is 0 Å². The number of carbonyl (C=O) groups is 3. The van der Waals surface area contributed by atoms with Crippen LogP contribution in [0.4, 0.5) is 0 Å². The second-order valence-electron chi connectivity index (χ2n) is 14.9. The quantitative estimate of drug-likeness (QED) is 0.178. The van der Waals surface area contributed by atoms with E-state index in [-0.39, 0.29) is 24.9 Å². The highest BCUT2D eigenvalue weighted by atomic mass is 28.4. The Balaban J connectivity index is 1.76. The van der Waals surface area contributed by atoms with E-state index < -0.39 is 94.1 Å². The number of carbonyl (C=O) groups excluding carboxylic acids is 3. The molecule has 2 fully saturated rings. The van der Waals surface area contributed by atoms with E-state index in [0.29, 0.717) is 0 Å². The summed E-state index contributed by atoms with van der Waals surface area (Å²) in [6, 6.07) is 17.7. The van der Waals surface area contributed by atoms with E-state index >= 15 is 0 Å². The average molecular weight is 762 g/mol. The van der Waals surface area contributed by atoms with Crippen LogP contribution in [0, 0.1) is 0 Å². The van der Waals surface area contributed by atoms with Gasteiger partial charge in [0.1, 0.15) is 49.3 Å². The van der Waals surface area contributed by atoms with Crippen molar-refractivity contribution in [2.75, 3.05) is 13.2 Å². The Morgan fingerprint density at radius 2 is 1.36 bits per heavy atom. The Bertz CT molecular complexity index is 1470. The molecule has 0 saturated carbocycles. The van der Waals surface area contributed by atoms with Crippen molar-refractivity contribution in [1.29, 1.82) is 0 Å². The number of rotatable bonds is 15. The van der Waals surface area contributed by atoms with Gasteiger partial charge in [-0.1, -0.05) is 81.4 Å². The van der Waals surface area contributed by atoms with Gasteiger partial charge in [-0.15, -0.1) is 0 Å². The van der Waals surface area contributed by atoms with Gasteiger partial charge in [0.25, 0.3) is 0 Å². The zero-order chi connectivity index (χ0) is 38.9. The highest BCUT2D eigenvalue weighted by Crippen LogP contribution is 2.41. The lowest BCUT2D eigenvalue weighted by Crippen LogP contribution is -2.69. The van der Waals surface area contributed by atoms with Crippen molar-refractivity contribution < 1.29 is 62.2 Å². The minimum atomic E-state index is -2.66. The normalized spacial score (nSPS) is 29.2. The van der Waals surface area contributed by atoms with Crippen molar-refractivity contribution >= 4 is 26.2 Å². The first-order valence-electron chi connectivity index (χ1n) is 17.8. The van der Waals surface area contributed by atoms with Crippen LogP contribution in [0.15, 0.2) is 60.7 Å². The predicted octanol–water partition coefficient (Wildman–Crippen LogP) is 3.37. The molecule has 1 amide bonds. The number of benzene rings is 2. The molecule has 0 bridgehead atoms. The molecule has 2 heterocycles. The van der Waals surface area contributed by atoms with Crippen LogP contribution in [-0.4, -0.2) is 111 Å². The SMILES string of the molecule is CC(=O)N[C@H]1[C@H](O[C@@H]2[C@H](O[Si](C)(C)C(C)(C)C)[C@@H](OCc3ccccc3)[C@H](O)O[C@@H]2COCc2ccccc2)O[C@H](COC(C)=O)[C@H](OC(C)=O)[C@@H]1O. The minimum Gasteiger partial charge on any atom is -0.463 e. The molecule has 0 radical (unpaired) electrons. The zero-order valence-electron chi connectivity index (χ0n) is 31.8. The summed E-state index contributed by atoms with van der Waals surface area (Å²) >= 11 is 0. The van der Waals surface area contributed by atoms with Crippen LogP contribution in [0.2, 0.25) is 18.1 Å². The Hall–Kier alpha value is -3.25. The summed E-state index contributed by atoms with van der Waals surface area (Å²) in [7, 11) is -2.66. The topological polar surface area (TPSA) is 178 Å². The average Bonchev–Trinajstić information content (AvgIpc) is 3.08. The molecule has 0 unspecified atom stereocenters. The van der Waals surface area contributed by atoms with Crippen molar-refractivity contribution in [3.8, 4) is 0 Å². The molecule has 2 aliphatic rings. The fraction of sp³-hybridized carbons (Fsp3) is 0.605. The second-order valence-corrected chi connectivity index (χ2v) is 19.7. The number of aliphatic hydroxyl groups excluding tert-OH is 2. The second kappa shape index (κ2) is 18.9. The number of hydrogen-bond acceptors (Lipinski definition) is 13. The maximum Gasteiger partial charge on any atom is 0.303 e. The third kappa shape index (κ3) is 11.9. The first kappa shape index (κ1) is 42.5. The molecule has 53 heavy (non-hydrogen) atoms. The summed E-state index contributed by atoms with van der Waals surface area (Å²) in [5.41, 5.74) is 1.76. The molecule has 4 rings (SSSR count). The fourth-order valence-electron chi connectivity index (χ4n) is 5.91. The summed E-state index contributed by atoms with van der Waals surface area (Å²) in [6.07, 6.45) is -11.1. The molecule has 0 aromatic heterocycles. The van der Waals surface area contributed by atoms with Crippen LogP contribution in [0.1, 0.15) is 52.7 Å². The smallest absolute Gasteiger partial charge is 0.303 e.